The molecule has 1 rings (SSSR count). The normalized spacial score (nSPS) is 13.3. The van der Waals surface area contributed by atoms with Gasteiger partial charge in [-0.15, -0.1) is 10.2 Å². The molecule has 0 amide bonds. The third kappa shape index (κ3) is 1.68. The number of nitrogens with zero attached hydrogens (tertiary/aromatic N) is 3. The lowest BCUT2D eigenvalue weighted by molar-refractivity contribution is 0.207. The van der Waals surface area contributed by atoms with Crippen molar-refractivity contribution in [3.63, 3.8) is 0 Å². The molecule has 0 radical (unpaired) electrons. The van der Waals surface area contributed by atoms with Gasteiger partial charge in [-0.25, -0.2) is 0 Å². The molecule has 0 saturated carbocycles. The maximum Gasteiger partial charge on any atom is 0.138 e. The first-order chi connectivity index (χ1) is 6.30. The van der Waals surface area contributed by atoms with Crippen molar-refractivity contribution in [2.45, 2.75) is 53.5 Å². The Morgan fingerprint density at radius 2 is 1.79 bits per heavy atom. The molecule has 0 aliphatic rings. The highest BCUT2D eigenvalue weighted by atomic mass is 15.3. The van der Waals surface area contributed by atoms with Crippen LogP contribution in [0, 0.1) is 5.41 Å². The fourth-order valence-corrected chi connectivity index (χ4v) is 1.31. The van der Waals surface area contributed by atoms with E-state index in [9.17, 15) is 0 Å². The second kappa shape index (κ2) is 3.37. The molecule has 0 aliphatic heterocycles. The summed E-state index contributed by atoms with van der Waals surface area (Å²) in [6, 6.07) is 0. The zero-order chi connectivity index (χ0) is 11.0. The minimum atomic E-state index is 0.0412. The molecule has 0 fully saturated rings. The van der Waals surface area contributed by atoms with E-state index in [-0.39, 0.29) is 10.8 Å². The van der Waals surface area contributed by atoms with Gasteiger partial charge in [-0.05, 0) is 12.3 Å². The fraction of sp³-hybridized carbons (Fsp3) is 0.818. The van der Waals surface area contributed by atoms with Crippen LogP contribution in [0.1, 0.15) is 47.4 Å². The summed E-state index contributed by atoms with van der Waals surface area (Å²) in [7, 11) is 0. The van der Waals surface area contributed by atoms with E-state index in [0.29, 0.717) is 0 Å². The molecular formula is C11H21N3. The van der Waals surface area contributed by atoms with Gasteiger partial charge in [0.25, 0.3) is 0 Å². The Hall–Kier alpha value is -0.860. The van der Waals surface area contributed by atoms with Crippen molar-refractivity contribution >= 4 is 0 Å². The monoisotopic (exact) mass is 195 g/mol. The van der Waals surface area contributed by atoms with E-state index in [0.717, 1.165) is 12.4 Å². The summed E-state index contributed by atoms with van der Waals surface area (Å²) in [5.41, 5.74) is 0.229. The predicted molar refractivity (Wildman–Crippen MR) is 58.2 cm³/mol. The van der Waals surface area contributed by atoms with Gasteiger partial charge in [0.1, 0.15) is 12.2 Å². The highest BCUT2D eigenvalue weighted by Gasteiger charge is 2.38. The van der Waals surface area contributed by atoms with Crippen molar-refractivity contribution in [3.05, 3.63) is 12.2 Å². The second-order valence-electron chi connectivity index (χ2n) is 5.32. The van der Waals surface area contributed by atoms with Gasteiger partial charge in [-0.1, -0.05) is 34.6 Å². The number of rotatable bonds is 2. The number of hydrogen-bond donors (Lipinski definition) is 0. The topological polar surface area (TPSA) is 30.7 Å². The van der Waals surface area contributed by atoms with E-state index >= 15 is 0 Å². The zero-order valence-corrected chi connectivity index (χ0v) is 10.1. The van der Waals surface area contributed by atoms with E-state index < -0.39 is 0 Å². The van der Waals surface area contributed by atoms with Crippen molar-refractivity contribution in [1.82, 2.24) is 14.8 Å². The van der Waals surface area contributed by atoms with Crippen LogP contribution in [-0.4, -0.2) is 14.8 Å². The van der Waals surface area contributed by atoms with Crippen LogP contribution < -0.4 is 0 Å². The van der Waals surface area contributed by atoms with Crippen LogP contribution in [0.2, 0.25) is 0 Å². The molecule has 0 spiro atoms. The summed E-state index contributed by atoms with van der Waals surface area (Å²) < 4.78 is 2.12. The van der Waals surface area contributed by atoms with Crippen molar-refractivity contribution in [3.8, 4) is 0 Å². The molecule has 0 bridgehead atoms. The molecule has 1 heterocycles. The largest absolute Gasteiger partial charge is 0.317 e. The third-order valence-electron chi connectivity index (χ3n) is 3.39. The fourth-order valence-electron chi connectivity index (χ4n) is 1.31. The van der Waals surface area contributed by atoms with Crippen LogP contribution in [0.5, 0.6) is 0 Å². The van der Waals surface area contributed by atoms with Gasteiger partial charge < -0.3 is 4.57 Å². The first-order valence-corrected chi connectivity index (χ1v) is 5.19. The molecule has 1 aromatic heterocycles. The van der Waals surface area contributed by atoms with Crippen LogP contribution in [0.15, 0.2) is 6.33 Å². The molecule has 0 saturated heterocycles. The van der Waals surface area contributed by atoms with E-state index in [1.54, 1.807) is 0 Å². The van der Waals surface area contributed by atoms with Gasteiger partial charge in [-0.3, -0.25) is 0 Å². The molecule has 0 unspecified atom stereocenters. The maximum atomic E-state index is 4.24. The SMILES string of the molecule is CCn1cnnc1C(C)(C)C(C)(C)C. The molecule has 0 atom stereocenters. The molecule has 0 aliphatic carbocycles. The summed E-state index contributed by atoms with van der Waals surface area (Å²) in [5.74, 6) is 1.08. The van der Waals surface area contributed by atoms with E-state index in [2.05, 4.69) is 56.3 Å². The first kappa shape index (κ1) is 11.2. The predicted octanol–water partition coefficient (Wildman–Crippen LogP) is 2.62. The summed E-state index contributed by atoms with van der Waals surface area (Å²) in [6.45, 7) is 14.2. The van der Waals surface area contributed by atoms with Gasteiger partial charge in [0.15, 0.2) is 0 Å². The number of aryl methyl sites for hydroxylation is 1. The first-order valence-electron chi connectivity index (χ1n) is 5.19. The Balaban J connectivity index is 3.16. The lowest BCUT2D eigenvalue weighted by Gasteiger charge is -2.37. The maximum absolute atomic E-state index is 4.24. The number of aromatic nitrogens is 3. The standard InChI is InChI=1S/C11H21N3/c1-7-14-8-12-13-9(14)11(5,6)10(2,3)4/h8H,7H2,1-6H3. The number of hydrogen-bond acceptors (Lipinski definition) is 2. The molecule has 0 aromatic carbocycles. The van der Waals surface area contributed by atoms with Crippen molar-refractivity contribution in [2.24, 2.45) is 5.41 Å². The van der Waals surface area contributed by atoms with Gasteiger partial charge in [-0.2, -0.15) is 0 Å². The highest BCUT2D eigenvalue weighted by Crippen LogP contribution is 2.39. The van der Waals surface area contributed by atoms with E-state index in [1.165, 1.54) is 0 Å². The quantitative estimate of drug-likeness (QED) is 0.726. The van der Waals surface area contributed by atoms with Gasteiger partial charge in [0.2, 0.25) is 0 Å². The Kier molecular flexibility index (Phi) is 2.70. The molecule has 0 N–H and O–H groups in total. The molecular weight excluding hydrogens is 174 g/mol. The minimum Gasteiger partial charge on any atom is -0.317 e. The lowest BCUT2D eigenvalue weighted by atomic mass is 9.69. The summed E-state index contributed by atoms with van der Waals surface area (Å²) >= 11 is 0. The lowest BCUT2D eigenvalue weighted by Crippen LogP contribution is -2.36. The molecule has 80 valence electrons. The Bertz CT molecular complexity index is 305. The van der Waals surface area contributed by atoms with Gasteiger partial charge in [0, 0.05) is 12.0 Å². The van der Waals surface area contributed by atoms with E-state index in [1.807, 2.05) is 6.33 Å². The van der Waals surface area contributed by atoms with Crippen LogP contribution in [0.25, 0.3) is 0 Å². The Labute approximate surface area is 86.5 Å². The third-order valence-corrected chi connectivity index (χ3v) is 3.39. The van der Waals surface area contributed by atoms with Crippen LogP contribution >= 0.6 is 0 Å². The smallest absolute Gasteiger partial charge is 0.138 e. The van der Waals surface area contributed by atoms with E-state index in [4.69, 9.17) is 0 Å². The molecule has 3 nitrogen and oxygen atoms in total. The van der Waals surface area contributed by atoms with Crippen LogP contribution in [0.4, 0.5) is 0 Å². The van der Waals surface area contributed by atoms with Gasteiger partial charge >= 0.3 is 0 Å². The summed E-state index contributed by atoms with van der Waals surface area (Å²) in [4.78, 5) is 0. The Morgan fingerprint density at radius 3 is 2.21 bits per heavy atom. The van der Waals surface area contributed by atoms with Crippen molar-refractivity contribution < 1.29 is 0 Å². The summed E-state index contributed by atoms with van der Waals surface area (Å²) in [6.07, 6.45) is 1.81. The Morgan fingerprint density at radius 1 is 1.21 bits per heavy atom. The highest BCUT2D eigenvalue weighted by molar-refractivity contribution is 5.09. The van der Waals surface area contributed by atoms with Crippen LogP contribution in [-0.2, 0) is 12.0 Å². The molecule has 3 heteroatoms. The van der Waals surface area contributed by atoms with Gasteiger partial charge in [0.05, 0.1) is 0 Å². The van der Waals surface area contributed by atoms with Crippen molar-refractivity contribution in [2.75, 3.05) is 0 Å². The minimum absolute atomic E-state index is 0.0412. The second-order valence-corrected chi connectivity index (χ2v) is 5.32. The molecule has 14 heavy (non-hydrogen) atoms. The average molecular weight is 195 g/mol. The van der Waals surface area contributed by atoms with Crippen LogP contribution in [0.3, 0.4) is 0 Å². The summed E-state index contributed by atoms with van der Waals surface area (Å²) in [5, 5.41) is 8.22. The van der Waals surface area contributed by atoms with Crippen molar-refractivity contribution in [1.29, 1.82) is 0 Å². The average Bonchev–Trinajstić information content (AvgIpc) is 2.49. The zero-order valence-electron chi connectivity index (χ0n) is 10.1. The molecule has 1 aromatic rings.